The lowest BCUT2D eigenvalue weighted by atomic mass is 10.1. The van der Waals surface area contributed by atoms with Crippen molar-refractivity contribution in [3.63, 3.8) is 0 Å². The summed E-state index contributed by atoms with van der Waals surface area (Å²) in [6.07, 6.45) is 6.02. The number of ether oxygens (including phenoxy) is 2. The van der Waals surface area contributed by atoms with Gasteiger partial charge < -0.3 is 14.8 Å². The molecule has 0 aliphatic heterocycles. The SMILES string of the molecule is COc1cccc(CNc2cc(C)c([N+](=O)[O-])cn2)c1OC1CCCC1. The highest BCUT2D eigenvalue weighted by Crippen LogP contribution is 2.35. The molecule has 1 N–H and O–H groups in total. The highest BCUT2D eigenvalue weighted by atomic mass is 16.6. The fourth-order valence-corrected chi connectivity index (χ4v) is 3.19. The number of nitrogens with one attached hydrogen (secondary N) is 1. The van der Waals surface area contributed by atoms with Crippen LogP contribution in [0.2, 0.25) is 0 Å². The topological polar surface area (TPSA) is 86.5 Å². The second-order valence-corrected chi connectivity index (χ2v) is 6.44. The van der Waals surface area contributed by atoms with Crippen LogP contribution in [0.3, 0.4) is 0 Å². The Hall–Kier alpha value is -2.83. The summed E-state index contributed by atoms with van der Waals surface area (Å²) in [7, 11) is 1.63. The van der Waals surface area contributed by atoms with Crippen molar-refractivity contribution in [2.24, 2.45) is 0 Å². The van der Waals surface area contributed by atoms with Gasteiger partial charge >= 0.3 is 0 Å². The molecule has 0 unspecified atom stereocenters. The first-order chi connectivity index (χ1) is 12.6. The molecular formula is C19H23N3O4. The number of nitrogens with zero attached hydrogens (tertiary/aromatic N) is 2. The molecule has 1 aliphatic carbocycles. The fourth-order valence-electron chi connectivity index (χ4n) is 3.19. The molecule has 0 spiro atoms. The van der Waals surface area contributed by atoms with Gasteiger partial charge in [-0.05, 0) is 44.7 Å². The minimum absolute atomic E-state index is 0.0159. The standard InChI is InChI=1S/C19H23N3O4/c1-13-10-18(21-12-16(13)22(23)24)20-11-14-6-5-9-17(25-2)19(14)26-15-7-3-4-8-15/h5-6,9-10,12,15H,3-4,7-8,11H2,1-2H3,(H,20,21). The Labute approximate surface area is 152 Å². The number of hydrogen-bond donors (Lipinski definition) is 1. The largest absolute Gasteiger partial charge is 0.493 e. The second-order valence-electron chi connectivity index (χ2n) is 6.44. The lowest BCUT2D eigenvalue weighted by Crippen LogP contribution is -2.14. The van der Waals surface area contributed by atoms with Crippen molar-refractivity contribution >= 4 is 11.5 Å². The molecule has 1 saturated carbocycles. The summed E-state index contributed by atoms with van der Waals surface area (Å²) >= 11 is 0. The average molecular weight is 357 g/mol. The molecule has 3 rings (SSSR count). The van der Waals surface area contributed by atoms with Crippen molar-refractivity contribution in [2.75, 3.05) is 12.4 Å². The third-order valence-corrected chi connectivity index (χ3v) is 4.61. The maximum Gasteiger partial charge on any atom is 0.290 e. The van der Waals surface area contributed by atoms with Crippen molar-refractivity contribution in [2.45, 2.75) is 45.3 Å². The number of anilines is 1. The fraction of sp³-hybridized carbons (Fsp3) is 0.421. The van der Waals surface area contributed by atoms with Gasteiger partial charge in [-0.3, -0.25) is 10.1 Å². The molecule has 26 heavy (non-hydrogen) atoms. The average Bonchev–Trinajstić information content (AvgIpc) is 3.13. The van der Waals surface area contributed by atoms with Gasteiger partial charge in [-0.1, -0.05) is 12.1 Å². The number of nitro groups is 1. The van der Waals surface area contributed by atoms with Gasteiger partial charge in [-0.2, -0.15) is 0 Å². The molecule has 1 aliphatic rings. The minimum atomic E-state index is -0.429. The van der Waals surface area contributed by atoms with Crippen LogP contribution in [0.25, 0.3) is 0 Å². The van der Waals surface area contributed by atoms with Gasteiger partial charge in [0.05, 0.1) is 18.1 Å². The van der Waals surface area contributed by atoms with E-state index in [1.165, 1.54) is 19.0 Å². The third-order valence-electron chi connectivity index (χ3n) is 4.61. The first-order valence-corrected chi connectivity index (χ1v) is 8.76. The van der Waals surface area contributed by atoms with Crippen molar-refractivity contribution in [1.82, 2.24) is 4.98 Å². The summed E-state index contributed by atoms with van der Waals surface area (Å²) in [6, 6.07) is 7.47. The van der Waals surface area contributed by atoms with Crippen LogP contribution in [0.15, 0.2) is 30.5 Å². The van der Waals surface area contributed by atoms with E-state index in [9.17, 15) is 10.1 Å². The van der Waals surface area contributed by atoms with E-state index in [1.54, 1.807) is 20.1 Å². The molecule has 0 atom stereocenters. The molecule has 0 radical (unpaired) electrons. The number of rotatable bonds is 7. The van der Waals surface area contributed by atoms with Gasteiger partial charge in [-0.25, -0.2) is 4.98 Å². The van der Waals surface area contributed by atoms with Gasteiger partial charge in [0.15, 0.2) is 11.5 Å². The van der Waals surface area contributed by atoms with Crippen molar-refractivity contribution in [1.29, 1.82) is 0 Å². The lowest BCUT2D eigenvalue weighted by Gasteiger charge is -2.19. The Morgan fingerprint density at radius 3 is 2.77 bits per heavy atom. The van der Waals surface area contributed by atoms with Gasteiger partial charge in [0, 0.05) is 17.7 Å². The molecule has 1 heterocycles. The highest BCUT2D eigenvalue weighted by Gasteiger charge is 2.20. The van der Waals surface area contributed by atoms with Crippen LogP contribution in [0.5, 0.6) is 11.5 Å². The summed E-state index contributed by atoms with van der Waals surface area (Å²) in [5.74, 6) is 2.06. The number of para-hydroxylation sites is 1. The number of methoxy groups -OCH3 is 1. The number of pyridine rings is 1. The number of aromatic nitrogens is 1. The maximum atomic E-state index is 10.9. The van der Waals surface area contributed by atoms with E-state index < -0.39 is 4.92 Å². The molecule has 138 valence electrons. The summed E-state index contributed by atoms with van der Waals surface area (Å²) in [5, 5.41) is 14.1. The van der Waals surface area contributed by atoms with E-state index in [4.69, 9.17) is 9.47 Å². The molecule has 7 heteroatoms. The zero-order chi connectivity index (χ0) is 18.5. The predicted molar refractivity (Wildman–Crippen MR) is 98.8 cm³/mol. The van der Waals surface area contributed by atoms with E-state index in [1.807, 2.05) is 18.2 Å². The van der Waals surface area contributed by atoms with E-state index in [0.717, 1.165) is 24.2 Å². The first-order valence-electron chi connectivity index (χ1n) is 8.76. The van der Waals surface area contributed by atoms with Crippen molar-refractivity contribution in [3.05, 3.63) is 51.7 Å². The van der Waals surface area contributed by atoms with Crippen LogP contribution >= 0.6 is 0 Å². The second kappa shape index (κ2) is 8.03. The van der Waals surface area contributed by atoms with E-state index >= 15 is 0 Å². The van der Waals surface area contributed by atoms with E-state index in [2.05, 4.69) is 10.3 Å². The van der Waals surface area contributed by atoms with Crippen molar-refractivity contribution in [3.8, 4) is 11.5 Å². The zero-order valence-electron chi connectivity index (χ0n) is 15.0. The smallest absolute Gasteiger partial charge is 0.290 e. The Morgan fingerprint density at radius 1 is 1.35 bits per heavy atom. The van der Waals surface area contributed by atoms with Gasteiger partial charge in [0.25, 0.3) is 5.69 Å². The first kappa shape index (κ1) is 18.0. The molecule has 7 nitrogen and oxygen atoms in total. The summed E-state index contributed by atoms with van der Waals surface area (Å²) in [5.41, 5.74) is 1.55. The van der Waals surface area contributed by atoms with Gasteiger partial charge in [0.2, 0.25) is 0 Å². The van der Waals surface area contributed by atoms with Crippen LogP contribution in [0, 0.1) is 17.0 Å². The predicted octanol–water partition coefficient (Wildman–Crippen LogP) is 4.24. The molecular weight excluding hydrogens is 334 g/mol. The highest BCUT2D eigenvalue weighted by molar-refractivity contribution is 5.50. The zero-order valence-corrected chi connectivity index (χ0v) is 15.0. The van der Waals surface area contributed by atoms with Crippen LogP contribution in [0.4, 0.5) is 11.5 Å². The molecule has 1 fully saturated rings. The quantitative estimate of drug-likeness (QED) is 0.589. The molecule has 0 bridgehead atoms. The van der Waals surface area contributed by atoms with Gasteiger partial charge in [0.1, 0.15) is 12.0 Å². The van der Waals surface area contributed by atoms with Crippen LogP contribution in [-0.2, 0) is 6.54 Å². The molecule has 0 saturated heterocycles. The maximum absolute atomic E-state index is 10.9. The molecule has 1 aromatic carbocycles. The van der Waals surface area contributed by atoms with Gasteiger partial charge in [-0.15, -0.1) is 0 Å². The summed E-state index contributed by atoms with van der Waals surface area (Å²) in [6.45, 7) is 2.19. The molecule has 0 amide bonds. The molecule has 1 aromatic heterocycles. The normalized spacial score (nSPS) is 14.2. The number of aryl methyl sites for hydroxylation is 1. The summed E-state index contributed by atoms with van der Waals surface area (Å²) < 4.78 is 11.7. The number of hydrogen-bond acceptors (Lipinski definition) is 6. The van der Waals surface area contributed by atoms with E-state index in [0.29, 0.717) is 23.7 Å². The minimum Gasteiger partial charge on any atom is -0.493 e. The number of benzene rings is 1. The van der Waals surface area contributed by atoms with Crippen LogP contribution in [0.1, 0.15) is 36.8 Å². The Morgan fingerprint density at radius 2 is 2.12 bits per heavy atom. The van der Waals surface area contributed by atoms with Crippen LogP contribution < -0.4 is 14.8 Å². The Balaban J connectivity index is 1.76. The summed E-state index contributed by atoms with van der Waals surface area (Å²) in [4.78, 5) is 14.6. The Kier molecular flexibility index (Phi) is 5.55. The van der Waals surface area contributed by atoms with Crippen LogP contribution in [-0.4, -0.2) is 23.1 Å². The Bertz CT molecular complexity index is 788. The molecule has 2 aromatic rings. The van der Waals surface area contributed by atoms with E-state index in [-0.39, 0.29) is 11.8 Å². The monoisotopic (exact) mass is 357 g/mol. The van der Waals surface area contributed by atoms with Crippen molar-refractivity contribution < 1.29 is 14.4 Å². The third kappa shape index (κ3) is 4.04. The lowest BCUT2D eigenvalue weighted by molar-refractivity contribution is -0.385.